The van der Waals surface area contributed by atoms with Crippen LogP contribution in [0.2, 0.25) is 0 Å². The molecule has 0 radical (unpaired) electrons. The molecular formula is C15H21NO3. The number of nitrogens with zero attached hydrogens (tertiary/aromatic N) is 1. The molecule has 1 aliphatic carbocycles. The highest BCUT2D eigenvalue weighted by atomic mass is 16.5. The lowest BCUT2D eigenvalue weighted by Gasteiger charge is -2.27. The Bertz CT molecular complexity index is 477. The van der Waals surface area contributed by atoms with Crippen LogP contribution < -0.4 is 4.74 Å². The van der Waals surface area contributed by atoms with Crippen molar-refractivity contribution in [2.45, 2.75) is 52.6 Å². The fourth-order valence-electron chi connectivity index (χ4n) is 2.65. The van der Waals surface area contributed by atoms with Crippen LogP contribution in [-0.4, -0.2) is 22.2 Å². The first-order chi connectivity index (χ1) is 8.97. The molecule has 4 heteroatoms. The lowest BCUT2D eigenvalue weighted by atomic mass is 9.89. The number of carboxylic acid groups (broad SMARTS) is 1. The molecule has 0 saturated heterocycles. The van der Waals surface area contributed by atoms with Gasteiger partial charge in [-0.2, -0.15) is 0 Å². The molecule has 1 aromatic heterocycles. The summed E-state index contributed by atoms with van der Waals surface area (Å²) in [6.45, 7) is 5.89. The van der Waals surface area contributed by atoms with E-state index in [1.165, 1.54) is 0 Å². The van der Waals surface area contributed by atoms with E-state index < -0.39 is 5.97 Å². The lowest BCUT2D eigenvalue weighted by Crippen LogP contribution is -2.24. The van der Waals surface area contributed by atoms with E-state index in [0.29, 0.717) is 5.56 Å². The number of aromatic nitrogens is 1. The second kappa shape index (κ2) is 5.59. The number of carboxylic acids is 1. The van der Waals surface area contributed by atoms with Gasteiger partial charge in [0, 0.05) is 5.69 Å². The van der Waals surface area contributed by atoms with Gasteiger partial charge in [-0.1, -0.05) is 6.92 Å². The quantitative estimate of drug-likeness (QED) is 0.908. The van der Waals surface area contributed by atoms with Gasteiger partial charge in [0.2, 0.25) is 5.88 Å². The third kappa shape index (κ3) is 3.25. The first-order valence-corrected chi connectivity index (χ1v) is 6.85. The molecule has 1 aromatic rings. The summed E-state index contributed by atoms with van der Waals surface area (Å²) < 4.78 is 5.87. The Balaban J connectivity index is 2.21. The smallest absolute Gasteiger partial charge is 0.341 e. The van der Waals surface area contributed by atoms with Gasteiger partial charge >= 0.3 is 5.97 Å². The standard InChI is InChI=1S/C15H21NO3/c1-9-4-6-12(7-5-9)19-14-13(15(17)18)10(2)8-11(3)16-14/h8-9,12H,4-7H2,1-3H3,(H,17,18). The van der Waals surface area contributed by atoms with E-state index in [1.54, 1.807) is 13.0 Å². The van der Waals surface area contributed by atoms with Crippen LogP contribution in [-0.2, 0) is 0 Å². The number of rotatable bonds is 3. The summed E-state index contributed by atoms with van der Waals surface area (Å²) in [4.78, 5) is 15.6. The van der Waals surface area contributed by atoms with Crippen molar-refractivity contribution >= 4 is 5.97 Å². The van der Waals surface area contributed by atoms with Gasteiger partial charge in [0.1, 0.15) is 11.7 Å². The van der Waals surface area contributed by atoms with Crippen molar-refractivity contribution in [2.75, 3.05) is 0 Å². The predicted octanol–water partition coefficient (Wildman–Crippen LogP) is 3.35. The van der Waals surface area contributed by atoms with Gasteiger partial charge in [-0.05, 0) is 57.1 Å². The molecule has 0 aliphatic heterocycles. The fourth-order valence-corrected chi connectivity index (χ4v) is 2.65. The summed E-state index contributed by atoms with van der Waals surface area (Å²) in [5.41, 5.74) is 1.70. The maximum absolute atomic E-state index is 11.3. The fraction of sp³-hybridized carbons (Fsp3) is 0.600. The molecule has 1 fully saturated rings. The molecule has 1 heterocycles. The molecule has 1 saturated carbocycles. The molecule has 1 N–H and O–H groups in total. The van der Waals surface area contributed by atoms with Gasteiger partial charge in [0.15, 0.2) is 0 Å². The summed E-state index contributed by atoms with van der Waals surface area (Å²) in [6.07, 6.45) is 4.34. The van der Waals surface area contributed by atoms with E-state index in [9.17, 15) is 9.90 Å². The van der Waals surface area contributed by atoms with Crippen molar-refractivity contribution in [2.24, 2.45) is 5.92 Å². The maximum Gasteiger partial charge on any atom is 0.341 e. The zero-order valence-corrected chi connectivity index (χ0v) is 11.8. The van der Waals surface area contributed by atoms with Crippen molar-refractivity contribution in [3.05, 3.63) is 22.9 Å². The van der Waals surface area contributed by atoms with Gasteiger partial charge < -0.3 is 9.84 Å². The van der Waals surface area contributed by atoms with E-state index in [0.717, 1.165) is 37.3 Å². The molecule has 0 unspecified atom stereocenters. The minimum absolute atomic E-state index is 0.1000. The normalized spacial score (nSPS) is 23.1. The van der Waals surface area contributed by atoms with Crippen LogP contribution in [0.4, 0.5) is 0 Å². The van der Waals surface area contributed by atoms with Crippen LogP contribution in [0.3, 0.4) is 0 Å². The van der Waals surface area contributed by atoms with Crippen LogP contribution in [0.15, 0.2) is 6.07 Å². The second-order valence-corrected chi connectivity index (χ2v) is 5.57. The van der Waals surface area contributed by atoms with Gasteiger partial charge in [-0.3, -0.25) is 0 Å². The average Bonchev–Trinajstić information content (AvgIpc) is 2.30. The highest BCUT2D eigenvalue weighted by molar-refractivity contribution is 5.91. The van der Waals surface area contributed by atoms with Crippen LogP contribution in [0.25, 0.3) is 0 Å². The second-order valence-electron chi connectivity index (χ2n) is 5.57. The largest absolute Gasteiger partial charge is 0.477 e. The highest BCUT2D eigenvalue weighted by Gasteiger charge is 2.23. The first-order valence-electron chi connectivity index (χ1n) is 6.85. The predicted molar refractivity (Wildman–Crippen MR) is 72.7 cm³/mol. The zero-order chi connectivity index (χ0) is 14.0. The van der Waals surface area contributed by atoms with E-state index in [4.69, 9.17) is 4.74 Å². The number of pyridine rings is 1. The summed E-state index contributed by atoms with van der Waals surface area (Å²) in [5, 5.41) is 9.29. The molecule has 0 aromatic carbocycles. The van der Waals surface area contributed by atoms with Crippen LogP contribution in [0, 0.1) is 19.8 Å². The van der Waals surface area contributed by atoms with Gasteiger partial charge in [0.05, 0.1) is 0 Å². The molecule has 19 heavy (non-hydrogen) atoms. The van der Waals surface area contributed by atoms with Crippen LogP contribution in [0.5, 0.6) is 5.88 Å². The Morgan fingerprint density at radius 2 is 1.95 bits per heavy atom. The SMILES string of the molecule is Cc1cc(C)c(C(=O)O)c(OC2CCC(C)CC2)n1. The summed E-state index contributed by atoms with van der Waals surface area (Å²) in [7, 11) is 0. The van der Waals surface area contributed by atoms with Crippen LogP contribution >= 0.6 is 0 Å². The Labute approximate surface area is 113 Å². The Morgan fingerprint density at radius 3 is 2.53 bits per heavy atom. The topological polar surface area (TPSA) is 59.4 Å². The molecular weight excluding hydrogens is 242 g/mol. The van der Waals surface area contributed by atoms with E-state index in [2.05, 4.69) is 11.9 Å². The first kappa shape index (κ1) is 13.8. The Kier molecular flexibility index (Phi) is 4.08. The lowest BCUT2D eigenvalue weighted by molar-refractivity contribution is 0.0680. The zero-order valence-electron chi connectivity index (χ0n) is 11.8. The van der Waals surface area contributed by atoms with Crippen molar-refractivity contribution in [1.82, 2.24) is 4.98 Å². The molecule has 0 atom stereocenters. The molecule has 0 spiro atoms. The monoisotopic (exact) mass is 263 g/mol. The summed E-state index contributed by atoms with van der Waals surface area (Å²) in [5.74, 6) is 0.0553. The minimum atomic E-state index is -0.968. The summed E-state index contributed by atoms with van der Waals surface area (Å²) >= 11 is 0. The van der Waals surface area contributed by atoms with Crippen molar-refractivity contribution in [3.63, 3.8) is 0 Å². The number of carbonyl (C=O) groups is 1. The molecule has 104 valence electrons. The van der Waals surface area contributed by atoms with E-state index in [1.807, 2.05) is 6.92 Å². The third-order valence-electron chi connectivity index (χ3n) is 3.77. The van der Waals surface area contributed by atoms with Crippen molar-refractivity contribution in [1.29, 1.82) is 0 Å². The van der Waals surface area contributed by atoms with Crippen LogP contribution in [0.1, 0.15) is 54.2 Å². The molecule has 4 nitrogen and oxygen atoms in total. The van der Waals surface area contributed by atoms with E-state index in [-0.39, 0.29) is 17.5 Å². The number of hydrogen-bond acceptors (Lipinski definition) is 3. The Hall–Kier alpha value is -1.58. The van der Waals surface area contributed by atoms with Crippen molar-refractivity contribution in [3.8, 4) is 5.88 Å². The highest BCUT2D eigenvalue weighted by Crippen LogP contribution is 2.29. The molecule has 2 rings (SSSR count). The van der Waals surface area contributed by atoms with Gasteiger partial charge in [-0.15, -0.1) is 0 Å². The number of ether oxygens (including phenoxy) is 1. The molecule has 0 amide bonds. The number of aromatic carboxylic acids is 1. The Morgan fingerprint density at radius 1 is 1.32 bits per heavy atom. The molecule has 0 bridgehead atoms. The van der Waals surface area contributed by atoms with Gasteiger partial charge in [-0.25, -0.2) is 9.78 Å². The van der Waals surface area contributed by atoms with E-state index >= 15 is 0 Å². The maximum atomic E-state index is 11.3. The average molecular weight is 263 g/mol. The van der Waals surface area contributed by atoms with Gasteiger partial charge in [0.25, 0.3) is 0 Å². The molecule has 1 aliphatic rings. The minimum Gasteiger partial charge on any atom is -0.477 e. The third-order valence-corrected chi connectivity index (χ3v) is 3.77. The summed E-state index contributed by atoms with van der Waals surface area (Å²) in [6, 6.07) is 1.78. The number of aryl methyl sites for hydroxylation is 2. The van der Waals surface area contributed by atoms with Crippen molar-refractivity contribution < 1.29 is 14.6 Å². The number of hydrogen-bond donors (Lipinski definition) is 1.